The molecule has 0 fully saturated rings. The summed E-state index contributed by atoms with van der Waals surface area (Å²) in [6, 6.07) is 0.430. The number of aliphatic imine (C=N–C) groups is 1. The van der Waals surface area contributed by atoms with E-state index >= 15 is 0 Å². The van der Waals surface area contributed by atoms with Crippen molar-refractivity contribution in [3.63, 3.8) is 0 Å². The molecule has 5 nitrogen and oxygen atoms in total. The van der Waals surface area contributed by atoms with Gasteiger partial charge in [0.25, 0.3) is 0 Å². The third-order valence-electron chi connectivity index (χ3n) is 3.44. The predicted molar refractivity (Wildman–Crippen MR) is 93.1 cm³/mol. The number of unbranched alkanes of at least 4 members (excludes halogenated alkanes) is 2. The van der Waals surface area contributed by atoms with Crippen molar-refractivity contribution in [2.45, 2.75) is 72.3 Å². The first kappa shape index (κ1) is 20.7. The molecule has 130 valence electrons. The number of esters is 1. The van der Waals surface area contributed by atoms with E-state index in [1.54, 1.807) is 0 Å². The van der Waals surface area contributed by atoms with E-state index in [1.807, 2.05) is 0 Å². The Morgan fingerprint density at radius 3 is 2.45 bits per heavy atom. The maximum Gasteiger partial charge on any atom is 0.305 e. The highest BCUT2D eigenvalue weighted by Gasteiger charge is 2.06. The van der Waals surface area contributed by atoms with Gasteiger partial charge in [-0.25, -0.2) is 0 Å². The maximum absolute atomic E-state index is 11.0. The van der Waals surface area contributed by atoms with Gasteiger partial charge in [-0.3, -0.25) is 9.79 Å². The minimum atomic E-state index is -0.127. The van der Waals surface area contributed by atoms with E-state index in [2.05, 4.69) is 48.1 Å². The molecule has 22 heavy (non-hydrogen) atoms. The Morgan fingerprint density at radius 1 is 1.14 bits per heavy atom. The van der Waals surface area contributed by atoms with Crippen molar-refractivity contribution in [3.8, 4) is 0 Å². The largest absolute Gasteiger partial charge is 0.469 e. The maximum atomic E-state index is 11.0. The van der Waals surface area contributed by atoms with Gasteiger partial charge in [0.2, 0.25) is 0 Å². The number of ether oxygens (including phenoxy) is 1. The van der Waals surface area contributed by atoms with Crippen LogP contribution in [-0.2, 0) is 9.53 Å². The third-order valence-corrected chi connectivity index (χ3v) is 3.44. The summed E-state index contributed by atoms with van der Waals surface area (Å²) < 4.78 is 4.62. The number of carbonyl (C=O) groups is 1. The van der Waals surface area contributed by atoms with E-state index in [4.69, 9.17) is 0 Å². The van der Waals surface area contributed by atoms with Gasteiger partial charge in [-0.1, -0.05) is 20.3 Å². The van der Waals surface area contributed by atoms with Crippen LogP contribution in [0.1, 0.15) is 66.2 Å². The Bertz CT molecular complexity index is 317. The summed E-state index contributed by atoms with van der Waals surface area (Å²) in [4.78, 5) is 15.6. The molecular formula is C17H35N3O2. The first-order valence-electron chi connectivity index (χ1n) is 8.61. The second-order valence-electron chi connectivity index (χ2n) is 6.16. The minimum Gasteiger partial charge on any atom is -0.469 e. The molecule has 0 amide bonds. The molecule has 0 aliphatic rings. The van der Waals surface area contributed by atoms with E-state index in [1.165, 1.54) is 13.5 Å². The topological polar surface area (TPSA) is 62.7 Å². The Balaban J connectivity index is 3.96. The first-order chi connectivity index (χ1) is 10.5. The predicted octanol–water partition coefficient (Wildman–Crippen LogP) is 3.10. The quantitative estimate of drug-likeness (QED) is 0.266. The van der Waals surface area contributed by atoms with Gasteiger partial charge in [-0.2, -0.15) is 0 Å². The fraction of sp³-hybridized carbons (Fsp3) is 0.882. The average molecular weight is 313 g/mol. The second-order valence-corrected chi connectivity index (χ2v) is 6.16. The van der Waals surface area contributed by atoms with E-state index in [-0.39, 0.29) is 5.97 Å². The molecule has 1 unspecified atom stereocenters. The van der Waals surface area contributed by atoms with Crippen LogP contribution in [0.4, 0.5) is 0 Å². The Morgan fingerprint density at radius 2 is 1.86 bits per heavy atom. The fourth-order valence-electron chi connectivity index (χ4n) is 2.06. The molecule has 0 aromatic carbocycles. The number of nitrogens with zero attached hydrogens (tertiary/aromatic N) is 1. The summed E-state index contributed by atoms with van der Waals surface area (Å²) in [5, 5.41) is 6.74. The number of hydrogen-bond acceptors (Lipinski definition) is 3. The first-order valence-corrected chi connectivity index (χ1v) is 8.61. The lowest BCUT2D eigenvalue weighted by molar-refractivity contribution is -0.140. The molecule has 0 radical (unpaired) electrons. The average Bonchev–Trinajstić information content (AvgIpc) is 2.48. The zero-order valence-corrected chi connectivity index (χ0v) is 15.1. The van der Waals surface area contributed by atoms with E-state index in [0.29, 0.717) is 12.5 Å². The van der Waals surface area contributed by atoms with Crippen molar-refractivity contribution in [2.75, 3.05) is 20.2 Å². The van der Waals surface area contributed by atoms with Gasteiger partial charge in [0.1, 0.15) is 0 Å². The van der Waals surface area contributed by atoms with Crippen molar-refractivity contribution < 1.29 is 9.53 Å². The molecule has 2 N–H and O–H groups in total. The summed E-state index contributed by atoms with van der Waals surface area (Å²) in [5.41, 5.74) is 0. The van der Waals surface area contributed by atoms with Crippen molar-refractivity contribution in [1.29, 1.82) is 0 Å². The molecule has 1 atom stereocenters. The van der Waals surface area contributed by atoms with Gasteiger partial charge in [0.05, 0.1) is 7.11 Å². The minimum absolute atomic E-state index is 0.127. The molecule has 5 heteroatoms. The zero-order chi connectivity index (χ0) is 16.8. The lowest BCUT2D eigenvalue weighted by Crippen LogP contribution is -2.42. The highest BCUT2D eigenvalue weighted by molar-refractivity contribution is 5.80. The van der Waals surface area contributed by atoms with Gasteiger partial charge >= 0.3 is 5.97 Å². The molecule has 0 saturated heterocycles. The summed E-state index contributed by atoms with van der Waals surface area (Å²) in [5.74, 6) is 1.50. The summed E-state index contributed by atoms with van der Waals surface area (Å²) in [6.07, 6.45) is 5.75. The standard InChI is InChI=1S/C17H35N3O2/c1-6-18-17(20-15(4)12-11-14(2)3)19-13-9-7-8-10-16(21)22-5/h14-15H,6-13H2,1-5H3,(H2,18,19,20). The van der Waals surface area contributed by atoms with E-state index in [9.17, 15) is 4.79 Å². The van der Waals surface area contributed by atoms with Crippen LogP contribution in [-0.4, -0.2) is 38.2 Å². The van der Waals surface area contributed by atoms with Crippen LogP contribution in [0, 0.1) is 5.92 Å². The highest BCUT2D eigenvalue weighted by atomic mass is 16.5. The zero-order valence-electron chi connectivity index (χ0n) is 15.1. The third kappa shape index (κ3) is 12.5. The lowest BCUT2D eigenvalue weighted by atomic mass is 10.0. The number of rotatable bonds is 11. The highest BCUT2D eigenvalue weighted by Crippen LogP contribution is 2.06. The number of nitrogens with one attached hydrogen (secondary N) is 2. The molecule has 0 saturated carbocycles. The Labute approximate surface area is 136 Å². The smallest absolute Gasteiger partial charge is 0.305 e. The van der Waals surface area contributed by atoms with Crippen molar-refractivity contribution in [1.82, 2.24) is 10.6 Å². The van der Waals surface area contributed by atoms with Crippen LogP contribution in [0.2, 0.25) is 0 Å². The number of carbonyl (C=O) groups excluding carboxylic acids is 1. The van der Waals surface area contributed by atoms with Gasteiger partial charge in [-0.05, 0) is 45.4 Å². The number of methoxy groups -OCH3 is 1. The summed E-state index contributed by atoms with van der Waals surface area (Å²) in [7, 11) is 1.43. The van der Waals surface area contributed by atoms with Crippen molar-refractivity contribution >= 4 is 11.9 Å². The molecule has 0 rings (SSSR count). The van der Waals surface area contributed by atoms with Crippen LogP contribution in [0.3, 0.4) is 0 Å². The van der Waals surface area contributed by atoms with Crippen molar-refractivity contribution in [3.05, 3.63) is 0 Å². The van der Waals surface area contributed by atoms with Gasteiger partial charge in [0.15, 0.2) is 5.96 Å². The van der Waals surface area contributed by atoms with Crippen LogP contribution >= 0.6 is 0 Å². The summed E-state index contributed by atoms with van der Waals surface area (Å²) >= 11 is 0. The summed E-state index contributed by atoms with van der Waals surface area (Å²) in [6.45, 7) is 10.4. The SMILES string of the molecule is CCNC(=NCCCCCC(=O)OC)NC(C)CCC(C)C. The molecule has 0 aromatic rings. The second kappa shape index (κ2) is 13.4. The van der Waals surface area contributed by atoms with Crippen LogP contribution in [0.15, 0.2) is 4.99 Å². The number of guanidine groups is 1. The molecular weight excluding hydrogens is 278 g/mol. The van der Waals surface area contributed by atoms with Crippen LogP contribution in [0.25, 0.3) is 0 Å². The molecule has 0 spiro atoms. The fourth-order valence-corrected chi connectivity index (χ4v) is 2.06. The van der Waals surface area contributed by atoms with Crippen LogP contribution in [0.5, 0.6) is 0 Å². The van der Waals surface area contributed by atoms with Gasteiger partial charge < -0.3 is 15.4 Å². The molecule has 0 aliphatic heterocycles. The Hall–Kier alpha value is -1.26. The van der Waals surface area contributed by atoms with E-state index < -0.39 is 0 Å². The lowest BCUT2D eigenvalue weighted by Gasteiger charge is -2.18. The molecule has 0 bridgehead atoms. The Kier molecular flexibility index (Phi) is 12.6. The normalized spacial score (nSPS) is 13.1. The molecule has 0 aromatic heterocycles. The monoisotopic (exact) mass is 313 g/mol. The van der Waals surface area contributed by atoms with E-state index in [0.717, 1.165) is 50.7 Å². The van der Waals surface area contributed by atoms with Crippen LogP contribution < -0.4 is 10.6 Å². The van der Waals surface area contributed by atoms with Gasteiger partial charge in [-0.15, -0.1) is 0 Å². The van der Waals surface area contributed by atoms with Gasteiger partial charge in [0, 0.05) is 25.6 Å². The molecule has 0 aliphatic carbocycles. The van der Waals surface area contributed by atoms with Crippen molar-refractivity contribution in [2.24, 2.45) is 10.9 Å². The number of hydrogen-bond donors (Lipinski definition) is 2. The molecule has 0 heterocycles.